The summed E-state index contributed by atoms with van der Waals surface area (Å²) in [4.78, 5) is 14.1. The van der Waals surface area contributed by atoms with Crippen molar-refractivity contribution in [1.29, 1.82) is 0 Å². The fraction of sp³-hybridized carbons (Fsp3) is 0.250. The van der Waals surface area contributed by atoms with Crippen molar-refractivity contribution in [2.75, 3.05) is 13.2 Å². The average Bonchev–Trinajstić information content (AvgIpc) is 2.14. The molecule has 0 spiro atoms. The molecule has 0 unspecified atom stereocenters. The summed E-state index contributed by atoms with van der Waals surface area (Å²) < 4.78 is 5.22. The van der Waals surface area contributed by atoms with Crippen LogP contribution in [-0.4, -0.2) is 24.2 Å². The Balaban J connectivity index is 2.17. The molecule has 0 aliphatic heterocycles. The minimum atomic E-state index is -0.546. The number of aromatic nitrogens is 1. The van der Waals surface area contributed by atoms with Gasteiger partial charge in [0.05, 0.1) is 12.7 Å². The van der Waals surface area contributed by atoms with Gasteiger partial charge in [-0.25, -0.2) is 4.79 Å². The van der Waals surface area contributed by atoms with Gasteiger partial charge in [-0.05, 0) is 12.1 Å². The molecule has 1 aromatic heterocycles. The zero-order valence-corrected chi connectivity index (χ0v) is 7.06. The lowest BCUT2D eigenvalue weighted by molar-refractivity contribution is 0.244. The van der Waals surface area contributed by atoms with Gasteiger partial charge in [-0.15, -0.1) is 0 Å². The van der Waals surface area contributed by atoms with Crippen LogP contribution in [0.15, 0.2) is 24.5 Å². The van der Waals surface area contributed by atoms with Crippen LogP contribution >= 0.6 is 0 Å². The van der Waals surface area contributed by atoms with Gasteiger partial charge in [0.15, 0.2) is 0 Å². The predicted octanol–water partition coefficient (Wildman–Crippen LogP) is 0.129. The Morgan fingerprint density at radius 3 is 3.15 bits per heavy atom. The summed E-state index contributed by atoms with van der Waals surface area (Å²) in [5, 5.41) is 2.41. The van der Waals surface area contributed by atoms with Crippen molar-refractivity contribution < 1.29 is 9.53 Å². The molecule has 0 bridgehead atoms. The third kappa shape index (κ3) is 3.95. The third-order valence-corrected chi connectivity index (χ3v) is 1.30. The van der Waals surface area contributed by atoms with Gasteiger partial charge >= 0.3 is 6.03 Å². The number of urea groups is 1. The van der Waals surface area contributed by atoms with Gasteiger partial charge < -0.3 is 15.8 Å². The van der Waals surface area contributed by atoms with Gasteiger partial charge in [-0.2, -0.15) is 0 Å². The van der Waals surface area contributed by atoms with E-state index in [1.165, 1.54) is 0 Å². The number of carbonyl (C=O) groups is 1. The van der Waals surface area contributed by atoms with Crippen molar-refractivity contribution in [3.8, 4) is 5.75 Å². The Hall–Kier alpha value is -1.78. The summed E-state index contributed by atoms with van der Waals surface area (Å²) in [5.74, 6) is 0.675. The highest BCUT2D eigenvalue weighted by molar-refractivity contribution is 5.71. The summed E-state index contributed by atoms with van der Waals surface area (Å²) in [6.07, 6.45) is 3.26. The van der Waals surface area contributed by atoms with Gasteiger partial charge in [-0.1, -0.05) is 0 Å². The molecule has 0 radical (unpaired) electrons. The van der Waals surface area contributed by atoms with Crippen molar-refractivity contribution in [3.63, 3.8) is 0 Å². The minimum Gasteiger partial charge on any atom is -0.490 e. The third-order valence-electron chi connectivity index (χ3n) is 1.30. The standard InChI is InChI=1S/C8H11N3O2/c9-8(12)11-4-5-13-7-2-1-3-10-6-7/h1-3,6H,4-5H2,(H3,9,11,12). The van der Waals surface area contributed by atoms with E-state index >= 15 is 0 Å². The molecule has 1 rings (SSSR count). The summed E-state index contributed by atoms with van der Waals surface area (Å²) in [6, 6.07) is 3.02. The maximum absolute atomic E-state index is 10.3. The van der Waals surface area contributed by atoms with E-state index in [9.17, 15) is 4.79 Å². The number of nitrogens with two attached hydrogens (primary N) is 1. The number of hydrogen-bond donors (Lipinski definition) is 2. The lowest BCUT2D eigenvalue weighted by atomic mass is 10.5. The molecule has 5 nitrogen and oxygen atoms in total. The summed E-state index contributed by atoms with van der Waals surface area (Å²) in [6.45, 7) is 0.777. The Morgan fingerprint density at radius 2 is 2.54 bits per heavy atom. The number of nitrogens with one attached hydrogen (secondary N) is 1. The first kappa shape index (κ1) is 9.31. The van der Waals surface area contributed by atoms with E-state index in [-0.39, 0.29) is 0 Å². The fourth-order valence-electron chi connectivity index (χ4n) is 0.776. The summed E-state index contributed by atoms with van der Waals surface area (Å²) in [7, 11) is 0. The lowest BCUT2D eigenvalue weighted by Crippen LogP contribution is -2.32. The molecule has 0 aliphatic rings. The van der Waals surface area contributed by atoms with Crippen LogP contribution in [0.1, 0.15) is 0 Å². The average molecular weight is 181 g/mol. The number of hydrogen-bond acceptors (Lipinski definition) is 3. The number of pyridine rings is 1. The highest BCUT2D eigenvalue weighted by atomic mass is 16.5. The topological polar surface area (TPSA) is 77.2 Å². The van der Waals surface area contributed by atoms with Crippen molar-refractivity contribution in [2.45, 2.75) is 0 Å². The molecule has 0 fully saturated rings. The monoisotopic (exact) mass is 181 g/mol. The van der Waals surface area contributed by atoms with E-state index in [2.05, 4.69) is 10.3 Å². The van der Waals surface area contributed by atoms with Crippen LogP contribution in [0.25, 0.3) is 0 Å². The van der Waals surface area contributed by atoms with Crippen LogP contribution in [0.3, 0.4) is 0 Å². The zero-order chi connectivity index (χ0) is 9.52. The number of rotatable bonds is 4. The summed E-state index contributed by atoms with van der Waals surface area (Å²) in [5.41, 5.74) is 4.85. The minimum absolute atomic E-state index is 0.384. The Bertz CT molecular complexity index is 263. The summed E-state index contributed by atoms with van der Waals surface area (Å²) >= 11 is 0. The van der Waals surface area contributed by atoms with Gasteiger partial charge in [0.2, 0.25) is 0 Å². The molecule has 13 heavy (non-hydrogen) atoms. The number of carbonyl (C=O) groups excluding carboxylic acids is 1. The van der Waals surface area contributed by atoms with Gasteiger partial charge in [0.25, 0.3) is 0 Å². The van der Waals surface area contributed by atoms with E-state index in [4.69, 9.17) is 10.5 Å². The zero-order valence-electron chi connectivity index (χ0n) is 7.06. The number of nitrogens with zero attached hydrogens (tertiary/aromatic N) is 1. The Labute approximate surface area is 75.9 Å². The second-order valence-electron chi connectivity index (χ2n) is 2.33. The Morgan fingerprint density at radius 1 is 1.69 bits per heavy atom. The van der Waals surface area contributed by atoms with Gasteiger partial charge in [0.1, 0.15) is 12.4 Å². The van der Waals surface area contributed by atoms with Crippen LogP contribution in [0.2, 0.25) is 0 Å². The molecule has 0 atom stereocenters. The van der Waals surface area contributed by atoms with Crippen molar-refractivity contribution in [3.05, 3.63) is 24.5 Å². The molecule has 2 amide bonds. The predicted molar refractivity (Wildman–Crippen MR) is 47.3 cm³/mol. The molecular weight excluding hydrogens is 170 g/mol. The van der Waals surface area contributed by atoms with Gasteiger partial charge in [-0.3, -0.25) is 4.98 Å². The van der Waals surface area contributed by atoms with Gasteiger partial charge in [0, 0.05) is 6.20 Å². The maximum Gasteiger partial charge on any atom is 0.312 e. The van der Waals surface area contributed by atoms with Crippen LogP contribution in [0, 0.1) is 0 Å². The second kappa shape index (κ2) is 4.97. The van der Waals surface area contributed by atoms with Crippen LogP contribution in [0.4, 0.5) is 4.79 Å². The van der Waals surface area contributed by atoms with Crippen molar-refractivity contribution in [2.24, 2.45) is 5.73 Å². The second-order valence-corrected chi connectivity index (χ2v) is 2.33. The quantitative estimate of drug-likeness (QED) is 0.648. The highest BCUT2D eigenvalue weighted by Crippen LogP contribution is 2.04. The first-order valence-electron chi connectivity index (χ1n) is 3.85. The number of amides is 2. The first-order valence-corrected chi connectivity index (χ1v) is 3.85. The van der Waals surface area contributed by atoms with Crippen LogP contribution < -0.4 is 15.8 Å². The number of ether oxygens (including phenoxy) is 1. The van der Waals surface area contributed by atoms with E-state index < -0.39 is 6.03 Å². The van der Waals surface area contributed by atoms with E-state index in [1.807, 2.05) is 0 Å². The number of primary amides is 1. The fourth-order valence-corrected chi connectivity index (χ4v) is 0.776. The maximum atomic E-state index is 10.3. The lowest BCUT2D eigenvalue weighted by Gasteiger charge is -2.04. The molecule has 1 aromatic rings. The van der Waals surface area contributed by atoms with Crippen LogP contribution in [0.5, 0.6) is 5.75 Å². The van der Waals surface area contributed by atoms with Crippen molar-refractivity contribution >= 4 is 6.03 Å². The highest BCUT2D eigenvalue weighted by Gasteiger charge is 1.93. The molecule has 0 aliphatic carbocycles. The molecule has 3 N–H and O–H groups in total. The van der Waals surface area contributed by atoms with Crippen LogP contribution in [-0.2, 0) is 0 Å². The smallest absolute Gasteiger partial charge is 0.312 e. The SMILES string of the molecule is NC(=O)NCCOc1cccnc1. The molecule has 0 aromatic carbocycles. The first-order chi connectivity index (χ1) is 6.29. The molecule has 0 saturated heterocycles. The normalized spacial score (nSPS) is 9.23. The van der Waals surface area contributed by atoms with Crippen molar-refractivity contribution in [1.82, 2.24) is 10.3 Å². The largest absolute Gasteiger partial charge is 0.490 e. The van der Waals surface area contributed by atoms with E-state index in [0.717, 1.165) is 0 Å². The molecular formula is C8H11N3O2. The van der Waals surface area contributed by atoms with E-state index in [0.29, 0.717) is 18.9 Å². The molecule has 5 heteroatoms. The Kier molecular flexibility index (Phi) is 3.56. The molecule has 70 valence electrons. The molecule has 1 heterocycles. The molecule has 0 saturated carbocycles. The van der Waals surface area contributed by atoms with E-state index in [1.54, 1.807) is 24.5 Å².